The molecule has 2 aromatic heterocycles. The van der Waals surface area contributed by atoms with Crippen LogP contribution in [0.25, 0.3) is 16.6 Å². The first-order valence-electron chi connectivity index (χ1n) is 9.22. The van der Waals surface area contributed by atoms with Gasteiger partial charge in [0.05, 0.1) is 29.4 Å². The van der Waals surface area contributed by atoms with E-state index in [1.165, 1.54) is 17.0 Å². The van der Waals surface area contributed by atoms with Gasteiger partial charge in [0.2, 0.25) is 0 Å². The van der Waals surface area contributed by atoms with Crippen LogP contribution in [-0.4, -0.2) is 37.8 Å². The van der Waals surface area contributed by atoms with Gasteiger partial charge in [0, 0.05) is 13.2 Å². The first kappa shape index (κ1) is 18.9. The molecule has 0 amide bonds. The highest BCUT2D eigenvalue weighted by molar-refractivity contribution is 5.77. The van der Waals surface area contributed by atoms with Gasteiger partial charge in [-0.1, -0.05) is 6.07 Å². The Morgan fingerprint density at radius 1 is 1.34 bits per heavy atom. The molecule has 0 unspecified atom stereocenters. The third-order valence-electron chi connectivity index (χ3n) is 5.23. The molecule has 3 N–H and O–H groups in total. The van der Waals surface area contributed by atoms with Crippen LogP contribution in [0.3, 0.4) is 0 Å². The highest BCUT2D eigenvalue weighted by Gasteiger charge is 2.24. The van der Waals surface area contributed by atoms with Crippen LogP contribution < -0.4 is 21.7 Å². The number of hydrogen-bond acceptors (Lipinski definition) is 6. The molecule has 29 heavy (non-hydrogen) atoms. The largest absolute Gasteiger partial charge is 0.491 e. The second-order valence-corrected chi connectivity index (χ2v) is 7.03. The summed E-state index contributed by atoms with van der Waals surface area (Å²) < 4.78 is 8.30. The Morgan fingerprint density at radius 3 is 2.90 bits per heavy atom. The van der Waals surface area contributed by atoms with Crippen LogP contribution in [0.1, 0.15) is 17.5 Å². The highest BCUT2D eigenvalue weighted by atomic mass is 16.5. The molecule has 1 atom stereocenters. The normalized spacial score (nSPS) is 14.3. The highest BCUT2D eigenvalue weighted by Crippen LogP contribution is 2.34. The topological polar surface area (TPSA) is 129 Å². The molecule has 0 fully saturated rings. The van der Waals surface area contributed by atoms with Gasteiger partial charge in [0.1, 0.15) is 11.8 Å². The molecule has 0 saturated carbocycles. The summed E-state index contributed by atoms with van der Waals surface area (Å²) in [5.74, 6) is -0.660. The van der Waals surface area contributed by atoms with E-state index in [0.29, 0.717) is 35.4 Å². The summed E-state index contributed by atoms with van der Waals surface area (Å²) in [5.41, 5.74) is 7.05. The molecule has 9 nitrogen and oxygen atoms in total. The van der Waals surface area contributed by atoms with Gasteiger partial charge in [-0.25, -0.2) is 9.36 Å². The fourth-order valence-electron chi connectivity index (χ4n) is 3.71. The van der Waals surface area contributed by atoms with Crippen molar-refractivity contribution in [1.29, 1.82) is 0 Å². The molecule has 4 rings (SSSR count). The Hall–Kier alpha value is -3.46. The number of rotatable bonds is 4. The summed E-state index contributed by atoms with van der Waals surface area (Å²) in [5, 5.41) is 9.50. The lowest BCUT2D eigenvalue weighted by Crippen LogP contribution is -2.38. The minimum atomic E-state index is -1.09. The number of aryl methyl sites for hydroxylation is 1. The molecule has 0 radical (unpaired) electrons. The Morgan fingerprint density at radius 2 is 2.14 bits per heavy atom. The lowest BCUT2D eigenvalue weighted by Gasteiger charge is -2.24. The smallest absolute Gasteiger partial charge is 0.336 e. The molecule has 1 aliphatic heterocycles. The van der Waals surface area contributed by atoms with E-state index in [1.54, 1.807) is 25.2 Å². The molecular weight excluding hydrogens is 376 g/mol. The zero-order valence-corrected chi connectivity index (χ0v) is 15.8. The number of aliphatic carboxylic acids is 1. The number of carboxylic acid groups (broad SMARTS) is 1. The number of benzene rings is 1. The molecule has 9 heteroatoms. The maximum absolute atomic E-state index is 13.1. The summed E-state index contributed by atoms with van der Waals surface area (Å²) in [6.45, 7) is 0.445. The second-order valence-electron chi connectivity index (χ2n) is 7.03. The van der Waals surface area contributed by atoms with Crippen LogP contribution in [0.5, 0.6) is 5.75 Å². The lowest BCUT2D eigenvalue weighted by atomic mass is 9.94. The molecule has 0 aliphatic carbocycles. The summed E-state index contributed by atoms with van der Waals surface area (Å²) in [4.78, 5) is 41.2. The van der Waals surface area contributed by atoms with Crippen molar-refractivity contribution >= 4 is 16.9 Å². The number of ether oxygens (including phenoxy) is 1. The molecule has 150 valence electrons. The third kappa shape index (κ3) is 3.09. The number of nitrogens with zero attached hydrogens (tertiary/aromatic N) is 3. The number of nitrogens with two attached hydrogens (primary N) is 1. The molecule has 0 bridgehead atoms. The maximum Gasteiger partial charge on any atom is 0.336 e. The molecule has 1 aromatic carbocycles. The predicted molar refractivity (Wildman–Crippen MR) is 106 cm³/mol. The van der Waals surface area contributed by atoms with Crippen LogP contribution in [-0.2, 0) is 24.7 Å². The van der Waals surface area contributed by atoms with Gasteiger partial charge in [0.15, 0.2) is 0 Å². The molecule has 1 aliphatic rings. The number of hydrogen-bond donors (Lipinski definition) is 2. The van der Waals surface area contributed by atoms with Gasteiger partial charge in [-0.15, -0.1) is 0 Å². The van der Waals surface area contributed by atoms with Crippen LogP contribution >= 0.6 is 0 Å². The summed E-state index contributed by atoms with van der Waals surface area (Å²) in [6.07, 6.45) is 4.52. The van der Waals surface area contributed by atoms with Crippen LogP contribution in [0.2, 0.25) is 0 Å². The molecular formula is C20H20N4O5. The minimum absolute atomic E-state index is 0.137. The summed E-state index contributed by atoms with van der Waals surface area (Å²) in [7, 11) is 1.58. The number of carbonyl (C=O) groups is 1. The average molecular weight is 396 g/mol. The third-order valence-corrected chi connectivity index (χ3v) is 5.23. The standard InChI is InChI=1S/C20H20N4O5/c1-23-16-10-22-7-6-13(16)18(25)24(20(23)28)15-5-4-11(9-14(21)19(26)27)12-3-2-8-29-17(12)15/h4-7,10,14H,2-3,8-9,21H2,1H3,(H,26,27)/t14-/m0/s1. The van der Waals surface area contributed by atoms with Crippen molar-refractivity contribution in [2.75, 3.05) is 6.61 Å². The minimum Gasteiger partial charge on any atom is -0.491 e. The van der Waals surface area contributed by atoms with Crippen molar-refractivity contribution in [3.05, 3.63) is 62.6 Å². The average Bonchev–Trinajstić information content (AvgIpc) is 2.73. The van der Waals surface area contributed by atoms with E-state index in [4.69, 9.17) is 15.6 Å². The monoisotopic (exact) mass is 396 g/mol. The first-order chi connectivity index (χ1) is 13.9. The Balaban J connectivity index is 1.97. The molecule has 0 saturated heterocycles. The van der Waals surface area contributed by atoms with E-state index in [9.17, 15) is 14.4 Å². The van der Waals surface area contributed by atoms with Gasteiger partial charge in [-0.3, -0.25) is 19.1 Å². The number of aromatic nitrogens is 3. The summed E-state index contributed by atoms with van der Waals surface area (Å²) >= 11 is 0. The van der Waals surface area contributed by atoms with Gasteiger partial charge in [0.25, 0.3) is 5.56 Å². The van der Waals surface area contributed by atoms with Gasteiger partial charge in [-0.05, 0) is 42.5 Å². The lowest BCUT2D eigenvalue weighted by molar-refractivity contribution is -0.138. The van der Waals surface area contributed by atoms with E-state index in [-0.39, 0.29) is 6.42 Å². The fraction of sp³-hybridized carbons (Fsp3) is 0.300. The van der Waals surface area contributed by atoms with Crippen molar-refractivity contribution in [1.82, 2.24) is 14.1 Å². The van der Waals surface area contributed by atoms with E-state index >= 15 is 0 Å². The van der Waals surface area contributed by atoms with Crippen molar-refractivity contribution in [3.63, 3.8) is 0 Å². The Kier molecular flexibility index (Phi) is 4.67. The molecule has 3 heterocycles. The maximum atomic E-state index is 13.1. The second kappa shape index (κ2) is 7.17. The van der Waals surface area contributed by atoms with E-state index in [2.05, 4.69) is 4.98 Å². The van der Waals surface area contributed by atoms with Gasteiger partial charge < -0.3 is 15.6 Å². The quantitative estimate of drug-likeness (QED) is 0.651. The predicted octanol–water partition coefficient (Wildman–Crippen LogP) is 0.364. The van der Waals surface area contributed by atoms with Crippen molar-refractivity contribution in [3.8, 4) is 11.4 Å². The molecule has 0 spiro atoms. The first-order valence-corrected chi connectivity index (χ1v) is 9.22. The zero-order valence-electron chi connectivity index (χ0n) is 15.8. The van der Waals surface area contributed by atoms with Gasteiger partial charge >= 0.3 is 11.7 Å². The summed E-state index contributed by atoms with van der Waals surface area (Å²) in [6, 6.07) is 3.86. The number of carboxylic acids is 1. The van der Waals surface area contributed by atoms with Crippen LogP contribution in [0, 0.1) is 0 Å². The van der Waals surface area contributed by atoms with Crippen molar-refractivity contribution in [2.24, 2.45) is 12.8 Å². The zero-order chi connectivity index (χ0) is 20.7. The van der Waals surface area contributed by atoms with Crippen LogP contribution in [0.15, 0.2) is 40.2 Å². The van der Waals surface area contributed by atoms with Crippen LogP contribution in [0.4, 0.5) is 0 Å². The fourth-order valence-corrected chi connectivity index (χ4v) is 3.71. The van der Waals surface area contributed by atoms with E-state index in [0.717, 1.165) is 22.1 Å². The SMILES string of the molecule is Cn1c(=O)n(-c2ccc(C[C@H](N)C(=O)O)c3c2OCCC3)c(=O)c2ccncc21. The van der Waals surface area contributed by atoms with E-state index in [1.807, 2.05) is 0 Å². The Bertz CT molecular complexity index is 1240. The van der Waals surface area contributed by atoms with E-state index < -0.39 is 23.3 Å². The van der Waals surface area contributed by atoms with Crippen molar-refractivity contribution < 1.29 is 14.6 Å². The van der Waals surface area contributed by atoms with Crippen molar-refractivity contribution in [2.45, 2.75) is 25.3 Å². The Labute approximate surface area is 165 Å². The number of pyridine rings is 1. The number of fused-ring (bicyclic) bond motifs is 2. The van der Waals surface area contributed by atoms with Gasteiger partial charge in [-0.2, -0.15) is 0 Å². The molecule has 3 aromatic rings.